The molecule has 0 fully saturated rings. The number of carbonyl (C=O) groups excluding carboxylic acids is 1. The van der Waals surface area contributed by atoms with E-state index in [0.29, 0.717) is 11.4 Å². The SMILES string of the molecule is Cc1n[se]nc1NC(=O)c1ccccc1. The number of rotatable bonds is 2. The van der Waals surface area contributed by atoms with Gasteiger partial charge in [0.05, 0.1) is 0 Å². The van der Waals surface area contributed by atoms with Crippen LogP contribution >= 0.6 is 0 Å². The van der Waals surface area contributed by atoms with Crippen LogP contribution in [0.2, 0.25) is 0 Å². The van der Waals surface area contributed by atoms with E-state index in [4.69, 9.17) is 0 Å². The number of anilines is 1. The van der Waals surface area contributed by atoms with Crippen LogP contribution in [0.1, 0.15) is 16.1 Å². The van der Waals surface area contributed by atoms with Crippen molar-refractivity contribution in [1.82, 2.24) is 7.96 Å². The summed E-state index contributed by atoms with van der Waals surface area (Å²) in [6, 6.07) is 9.07. The fraction of sp³-hybridized carbons (Fsp3) is 0.100. The van der Waals surface area contributed by atoms with E-state index >= 15 is 0 Å². The number of benzene rings is 1. The fourth-order valence-corrected chi connectivity index (χ4v) is 2.18. The average Bonchev–Trinajstić information content (AvgIpc) is 2.66. The van der Waals surface area contributed by atoms with Gasteiger partial charge in [-0.2, -0.15) is 0 Å². The van der Waals surface area contributed by atoms with E-state index < -0.39 is 0 Å². The Balaban J connectivity index is 2.15. The van der Waals surface area contributed by atoms with Crippen LogP contribution in [0.25, 0.3) is 0 Å². The van der Waals surface area contributed by atoms with Crippen molar-refractivity contribution in [1.29, 1.82) is 0 Å². The maximum atomic E-state index is 11.7. The third-order valence-electron chi connectivity index (χ3n) is 1.92. The van der Waals surface area contributed by atoms with Crippen molar-refractivity contribution in [3.63, 3.8) is 0 Å². The van der Waals surface area contributed by atoms with Gasteiger partial charge in [0.15, 0.2) is 0 Å². The van der Waals surface area contributed by atoms with E-state index in [1.165, 1.54) is 0 Å². The molecule has 0 saturated heterocycles. The summed E-state index contributed by atoms with van der Waals surface area (Å²) in [4.78, 5) is 11.7. The standard InChI is InChI=1S/C10H9N3OSe/c1-7-9(13-15-12-7)11-10(14)8-5-3-2-4-6-8/h2-6H,1H3,(H,11,13,14). The van der Waals surface area contributed by atoms with Crippen molar-refractivity contribution >= 4 is 26.7 Å². The van der Waals surface area contributed by atoms with Gasteiger partial charge in [-0.05, 0) is 0 Å². The fourth-order valence-electron chi connectivity index (χ4n) is 1.11. The molecule has 0 saturated carbocycles. The molecule has 2 aromatic rings. The van der Waals surface area contributed by atoms with Gasteiger partial charge in [0.25, 0.3) is 0 Å². The van der Waals surface area contributed by atoms with Gasteiger partial charge in [-0.3, -0.25) is 0 Å². The van der Waals surface area contributed by atoms with Crippen molar-refractivity contribution in [3.8, 4) is 0 Å². The molecule has 0 aliphatic heterocycles. The second-order valence-electron chi connectivity index (χ2n) is 3.02. The zero-order valence-corrected chi connectivity index (χ0v) is 9.81. The second-order valence-corrected chi connectivity index (χ2v) is 4.13. The number of aryl methyl sites for hydroxylation is 1. The summed E-state index contributed by atoms with van der Waals surface area (Å²) in [6.07, 6.45) is 0. The summed E-state index contributed by atoms with van der Waals surface area (Å²) >= 11 is -0.0939. The van der Waals surface area contributed by atoms with Crippen LogP contribution in [0.5, 0.6) is 0 Å². The number of aromatic nitrogens is 2. The first-order valence-corrected chi connectivity index (χ1v) is 5.96. The van der Waals surface area contributed by atoms with E-state index in [-0.39, 0.29) is 20.9 Å². The van der Waals surface area contributed by atoms with Crippen molar-refractivity contribution in [2.45, 2.75) is 6.92 Å². The van der Waals surface area contributed by atoms with E-state index in [0.717, 1.165) is 5.69 Å². The summed E-state index contributed by atoms with van der Waals surface area (Å²) in [6.45, 7) is 1.85. The first-order valence-electron chi connectivity index (χ1n) is 4.43. The van der Waals surface area contributed by atoms with Gasteiger partial charge in [-0.1, -0.05) is 0 Å². The van der Waals surface area contributed by atoms with E-state index in [9.17, 15) is 4.79 Å². The van der Waals surface area contributed by atoms with Crippen LogP contribution in [0.3, 0.4) is 0 Å². The molecule has 1 aromatic heterocycles. The summed E-state index contributed by atoms with van der Waals surface area (Å²) < 4.78 is 8.25. The molecule has 1 aromatic carbocycles. The van der Waals surface area contributed by atoms with E-state index in [1.54, 1.807) is 12.1 Å². The number of hydrogen-bond donors (Lipinski definition) is 1. The Morgan fingerprint density at radius 2 is 2.00 bits per heavy atom. The number of amides is 1. The van der Waals surface area contributed by atoms with Crippen LogP contribution in [-0.4, -0.2) is 28.8 Å². The molecule has 0 aliphatic carbocycles. The number of nitrogens with zero attached hydrogens (tertiary/aromatic N) is 2. The van der Waals surface area contributed by atoms with E-state index in [2.05, 4.69) is 13.3 Å². The van der Waals surface area contributed by atoms with Gasteiger partial charge < -0.3 is 0 Å². The van der Waals surface area contributed by atoms with Gasteiger partial charge in [0.2, 0.25) is 0 Å². The molecule has 5 heteroatoms. The van der Waals surface area contributed by atoms with Gasteiger partial charge >= 0.3 is 93.3 Å². The quantitative estimate of drug-likeness (QED) is 0.828. The molecule has 15 heavy (non-hydrogen) atoms. The zero-order valence-electron chi connectivity index (χ0n) is 8.10. The third-order valence-corrected chi connectivity index (χ3v) is 3.22. The Kier molecular flexibility index (Phi) is 2.94. The minimum atomic E-state index is -0.137. The molecule has 1 N–H and O–H groups in total. The molecule has 0 radical (unpaired) electrons. The Morgan fingerprint density at radius 3 is 2.60 bits per heavy atom. The van der Waals surface area contributed by atoms with Crippen LogP contribution < -0.4 is 5.32 Å². The van der Waals surface area contributed by atoms with Crippen LogP contribution in [0.4, 0.5) is 5.82 Å². The average molecular weight is 266 g/mol. The van der Waals surface area contributed by atoms with Crippen molar-refractivity contribution in [2.75, 3.05) is 5.32 Å². The van der Waals surface area contributed by atoms with Gasteiger partial charge in [0, 0.05) is 0 Å². The predicted octanol–water partition coefficient (Wildman–Crippen LogP) is 1.09. The molecule has 4 nitrogen and oxygen atoms in total. The molecule has 1 heterocycles. The molecule has 0 unspecified atom stereocenters. The predicted molar refractivity (Wildman–Crippen MR) is 58.1 cm³/mol. The molecule has 0 spiro atoms. The Labute approximate surface area is 93.6 Å². The van der Waals surface area contributed by atoms with Crippen LogP contribution in [0.15, 0.2) is 30.3 Å². The third kappa shape index (κ3) is 2.32. The molecular weight excluding hydrogens is 257 g/mol. The normalized spacial score (nSPS) is 9.93. The van der Waals surface area contributed by atoms with Crippen molar-refractivity contribution in [3.05, 3.63) is 41.6 Å². The van der Waals surface area contributed by atoms with Crippen molar-refractivity contribution < 1.29 is 4.79 Å². The summed E-state index contributed by atoms with van der Waals surface area (Å²) in [5, 5.41) is 2.74. The number of nitrogens with one attached hydrogen (secondary N) is 1. The van der Waals surface area contributed by atoms with E-state index in [1.807, 2.05) is 25.1 Å². The van der Waals surface area contributed by atoms with Gasteiger partial charge in [0.1, 0.15) is 0 Å². The van der Waals surface area contributed by atoms with Crippen molar-refractivity contribution in [2.24, 2.45) is 0 Å². The molecule has 0 bridgehead atoms. The topological polar surface area (TPSA) is 54.9 Å². The molecule has 1 amide bonds. The Bertz CT molecular complexity index is 467. The van der Waals surface area contributed by atoms with Crippen LogP contribution in [-0.2, 0) is 0 Å². The molecule has 2 rings (SSSR count). The summed E-state index contributed by atoms with van der Waals surface area (Å²) in [5.74, 6) is 0.463. The first-order chi connectivity index (χ1) is 7.27. The monoisotopic (exact) mass is 267 g/mol. The number of hydrogen-bond acceptors (Lipinski definition) is 3. The molecule has 0 aliphatic rings. The minimum absolute atomic E-state index is 0.0939. The first kappa shape index (κ1) is 10.1. The molecule has 0 atom stereocenters. The number of carbonyl (C=O) groups is 1. The molecular formula is C10H9N3OSe. The van der Waals surface area contributed by atoms with Gasteiger partial charge in [-0.25, -0.2) is 0 Å². The Morgan fingerprint density at radius 1 is 1.27 bits per heavy atom. The van der Waals surface area contributed by atoms with Crippen LogP contribution in [0, 0.1) is 6.92 Å². The summed E-state index contributed by atoms with van der Waals surface area (Å²) in [7, 11) is 0. The summed E-state index contributed by atoms with van der Waals surface area (Å²) in [5.41, 5.74) is 1.44. The molecule has 76 valence electrons. The second kappa shape index (κ2) is 4.38. The maximum absolute atomic E-state index is 11.7. The Hall–Kier alpha value is -1.45. The van der Waals surface area contributed by atoms with Gasteiger partial charge in [-0.15, -0.1) is 0 Å². The zero-order chi connectivity index (χ0) is 10.7.